The van der Waals surface area contributed by atoms with E-state index in [4.69, 9.17) is 5.73 Å². The molecule has 0 aromatic heterocycles. The van der Waals surface area contributed by atoms with Gasteiger partial charge in [0, 0.05) is 6.04 Å². The van der Waals surface area contributed by atoms with E-state index in [1.807, 2.05) is 0 Å². The van der Waals surface area contributed by atoms with Crippen molar-refractivity contribution in [1.29, 1.82) is 0 Å². The van der Waals surface area contributed by atoms with Gasteiger partial charge < -0.3 is 5.73 Å². The zero-order chi connectivity index (χ0) is 14.8. The minimum Gasteiger partial charge on any atom is -0.324 e. The van der Waals surface area contributed by atoms with Crippen LogP contribution in [0.3, 0.4) is 0 Å². The summed E-state index contributed by atoms with van der Waals surface area (Å²) in [6, 6.07) is 0.373. The lowest BCUT2D eigenvalue weighted by Gasteiger charge is -2.17. The van der Waals surface area contributed by atoms with Gasteiger partial charge in [-0.3, -0.25) is 0 Å². The Morgan fingerprint density at radius 3 is 1.74 bits per heavy atom. The molecule has 0 spiro atoms. The van der Waals surface area contributed by atoms with Crippen LogP contribution in [0.15, 0.2) is 30.9 Å². The van der Waals surface area contributed by atoms with Crippen LogP contribution in [0.25, 0.3) is 0 Å². The van der Waals surface area contributed by atoms with E-state index in [1.54, 1.807) is 0 Å². The van der Waals surface area contributed by atoms with E-state index >= 15 is 0 Å². The predicted octanol–water partition coefficient (Wildman–Crippen LogP) is 4.30. The molecular weight excluding hydrogens is 272 g/mol. The molecule has 106 valence electrons. The smallest absolute Gasteiger partial charge is 0.324 e. The quantitative estimate of drug-likeness (QED) is 0.649. The van der Waals surface area contributed by atoms with Gasteiger partial charge in [0.15, 0.2) is 0 Å². The first kappa shape index (κ1) is 15.6. The molecule has 0 amide bonds. The van der Waals surface area contributed by atoms with Crippen LogP contribution < -0.4 is 5.73 Å². The standard InChI is InChI=1S/C12H11F6N/c1-2-3-10(19)7-4-8(11(13,14)15)6-9(5-7)12(16,17)18/h2,4-6,10H,1,3,19H2. The molecule has 1 aromatic rings. The molecule has 1 unspecified atom stereocenters. The van der Waals surface area contributed by atoms with Gasteiger partial charge in [0.05, 0.1) is 11.1 Å². The number of halogens is 6. The molecule has 0 aliphatic heterocycles. The molecular formula is C12H11F6N. The van der Waals surface area contributed by atoms with Crippen molar-refractivity contribution in [1.82, 2.24) is 0 Å². The van der Waals surface area contributed by atoms with Gasteiger partial charge in [-0.1, -0.05) is 6.08 Å². The molecule has 0 saturated carbocycles. The lowest BCUT2D eigenvalue weighted by Crippen LogP contribution is -2.15. The van der Waals surface area contributed by atoms with Crippen molar-refractivity contribution in [3.8, 4) is 0 Å². The molecule has 0 heterocycles. The largest absolute Gasteiger partial charge is 0.416 e. The number of rotatable bonds is 3. The van der Waals surface area contributed by atoms with Crippen molar-refractivity contribution in [3.63, 3.8) is 0 Å². The summed E-state index contributed by atoms with van der Waals surface area (Å²) in [5.74, 6) is 0. The lowest BCUT2D eigenvalue weighted by molar-refractivity contribution is -0.143. The van der Waals surface area contributed by atoms with Gasteiger partial charge in [-0.25, -0.2) is 0 Å². The predicted molar refractivity (Wildman–Crippen MR) is 58.2 cm³/mol. The van der Waals surface area contributed by atoms with E-state index in [0.717, 1.165) is 0 Å². The minimum atomic E-state index is -4.86. The molecule has 0 aliphatic rings. The van der Waals surface area contributed by atoms with E-state index in [-0.39, 0.29) is 18.1 Å². The molecule has 1 nitrogen and oxygen atoms in total. The maximum absolute atomic E-state index is 12.6. The van der Waals surface area contributed by atoms with E-state index in [0.29, 0.717) is 12.1 Å². The fourth-order valence-electron chi connectivity index (χ4n) is 1.51. The van der Waals surface area contributed by atoms with Gasteiger partial charge in [-0.05, 0) is 30.2 Å². The van der Waals surface area contributed by atoms with Crippen LogP contribution in [-0.2, 0) is 12.4 Å². The first-order valence-electron chi connectivity index (χ1n) is 5.21. The Balaban J connectivity index is 3.36. The van der Waals surface area contributed by atoms with Crippen molar-refractivity contribution in [3.05, 3.63) is 47.5 Å². The molecule has 0 saturated heterocycles. The van der Waals surface area contributed by atoms with Crippen LogP contribution in [0, 0.1) is 0 Å². The van der Waals surface area contributed by atoms with Crippen molar-refractivity contribution in [2.45, 2.75) is 24.8 Å². The van der Waals surface area contributed by atoms with Crippen LogP contribution in [-0.4, -0.2) is 0 Å². The normalized spacial score (nSPS) is 14.3. The second-order valence-electron chi connectivity index (χ2n) is 3.97. The molecule has 0 bridgehead atoms. The second-order valence-corrected chi connectivity index (χ2v) is 3.97. The molecule has 1 atom stereocenters. The van der Waals surface area contributed by atoms with Gasteiger partial charge in [0.2, 0.25) is 0 Å². The Bertz CT molecular complexity index is 428. The average Bonchev–Trinajstić information content (AvgIpc) is 2.26. The summed E-state index contributed by atoms with van der Waals surface area (Å²) in [5.41, 5.74) is 2.58. The highest BCUT2D eigenvalue weighted by atomic mass is 19.4. The van der Waals surface area contributed by atoms with Crippen molar-refractivity contribution < 1.29 is 26.3 Å². The zero-order valence-electron chi connectivity index (χ0n) is 9.65. The fraction of sp³-hybridized carbons (Fsp3) is 0.333. The van der Waals surface area contributed by atoms with E-state index < -0.39 is 29.5 Å². The number of benzene rings is 1. The van der Waals surface area contributed by atoms with Crippen molar-refractivity contribution in [2.24, 2.45) is 5.73 Å². The summed E-state index contributed by atoms with van der Waals surface area (Å²) in [5, 5.41) is 0. The Labute approximate surface area is 105 Å². The molecule has 19 heavy (non-hydrogen) atoms. The Hall–Kier alpha value is -1.50. The van der Waals surface area contributed by atoms with Gasteiger partial charge in [0.1, 0.15) is 0 Å². The first-order chi connectivity index (χ1) is 8.55. The van der Waals surface area contributed by atoms with Crippen LogP contribution in [0.5, 0.6) is 0 Å². The fourth-order valence-corrected chi connectivity index (χ4v) is 1.51. The monoisotopic (exact) mass is 283 g/mol. The van der Waals surface area contributed by atoms with E-state index in [9.17, 15) is 26.3 Å². The van der Waals surface area contributed by atoms with E-state index in [2.05, 4.69) is 6.58 Å². The Kier molecular flexibility index (Phi) is 4.29. The number of hydrogen-bond acceptors (Lipinski definition) is 1. The van der Waals surface area contributed by atoms with Crippen LogP contribution >= 0.6 is 0 Å². The summed E-state index contributed by atoms with van der Waals surface area (Å²) in [7, 11) is 0. The minimum absolute atomic E-state index is 0.0735. The maximum atomic E-state index is 12.6. The third-order valence-corrected chi connectivity index (χ3v) is 2.46. The maximum Gasteiger partial charge on any atom is 0.416 e. The van der Waals surface area contributed by atoms with Gasteiger partial charge in [-0.2, -0.15) is 26.3 Å². The van der Waals surface area contributed by atoms with Crippen LogP contribution in [0.2, 0.25) is 0 Å². The first-order valence-corrected chi connectivity index (χ1v) is 5.21. The lowest BCUT2D eigenvalue weighted by atomic mass is 9.98. The van der Waals surface area contributed by atoms with Crippen LogP contribution in [0.1, 0.15) is 29.2 Å². The Morgan fingerprint density at radius 2 is 1.42 bits per heavy atom. The summed E-state index contributed by atoms with van der Waals surface area (Å²) in [6.07, 6.45) is -8.30. The number of alkyl halides is 6. The Morgan fingerprint density at radius 1 is 1.00 bits per heavy atom. The molecule has 0 fully saturated rings. The topological polar surface area (TPSA) is 26.0 Å². The summed E-state index contributed by atoms with van der Waals surface area (Å²) >= 11 is 0. The summed E-state index contributed by atoms with van der Waals surface area (Å²) < 4.78 is 75.3. The highest BCUT2D eigenvalue weighted by Crippen LogP contribution is 2.37. The van der Waals surface area contributed by atoms with E-state index in [1.165, 1.54) is 6.08 Å². The molecule has 0 radical (unpaired) electrons. The summed E-state index contributed by atoms with van der Waals surface area (Å²) in [4.78, 5) is 0. The third-order valence-electron chi connectivity index (χ3n) is 2.46. The third kappa shape index (κ3) is 3.99. The number of nitrogens with two attached hydrogens (primary N) is 1. The SMILES string of the molecule is C=CCC(N)c1cc(C(F)(F)F)cc(C(F)(F)F)c1. The highest BCUT2D eigenvalue weighted by molar-refractivity contribution is 5.35. The molecule has 1 rings (SSSR count). The van der Waals surface area contributed by atoms with Gasteiger partial charge in [0.25, 0.3) is 0 Å². The van der Waals surface area contributed by atoms with Crippen LogP contribution in [0.4, 0.5) is 26.3 Å². The average molecular weight is 283 g/mol. The molecule has 1 aromatic carbocycles. The highest BCUT2D eigenvalue weighted by Gasteiger charge is 2.37. The molecule has 2 N–H and O–H groups in total. The number of hydrogen-bond donors (Lipinski definition) is 1. The van der Waals surface area contributed by atoms with Gasteiger partial charge >= 0.3 is 12.4 Å². The van der Waals surface area contributed by atoms with Gasteiger partial charge in [-0.15, -0.1) is 6.58 Å². The zero-order valence-corrected chi connectivity index (χ0v) is 9.65. The summed E-state index contributed by atoms with van der Waals surface area (Å²) in [6.45, 7) is 3.34. The van der Waals surface area contributed by atoms with Crippen molar-refractivity contribution >= 4 is 0 Å². The second kappa shape index (κ2) is 5.24. The molecule has 0 aliphatic carbocycles. The molecule has 7 heteroatoms. The van der Waals surface area contributed by atoms with Crippen molar-refractivity contribution in [2.75, 3.05) is 0 Å².